The highest BCUT2D eigenvalue weighted by atomic mass is 32.2. The van der Waals surface area contributed by atoms with Gasteiger partial charge in [-0.25, -0.2) is 0 Å². The molecule has 1 aliphatic heterocycles. The van der Waals surface area contributed by atoms with Crippen LogP contribution in [-0.4, -0.2) is 25.1 Å². The molecule has 0 aliphatic carbocycles. The fraction of sp³-hybridized carbons (Fsp3) is 0.462. The average molecular weight is 235 g/mol. The summed E-state index contributed by atoms with van der Waals surface area (Å²) < 4.78 is 0. The van der Waals surface area contributed by atoms with Gasteiger partial charge < -0.3 is 4.90 Å². The Bertz CT molecular complexity index is 403. The monoisotopic (exact) mass is 235 g/mol. The number of nitrogens with zero attached hydrogens (tertiary/aromatic N) is 1. The Kier molecular flexibility index (Phi) is 3.54. The van der Waals surface area contributed by atoms with Crippen molar-refractivity contribution in [2.45, 2.75) is 24.7 Å². The summed E-state index contributed by atoms with van der Waals surface area (Å²) in [5, 5.41) is 0. The number of Topliss-reactive ketones (excluding diaryl/α,β-unsaturated/α-hetero) is 1. The molecule has 0 atom stereocenters. The number of rotatable bonds is 3. The molecule has 16 heavy (non-hydrogen) atoms. The molecular weight excluding hydrogens is 218 g/mol. The minimum absolute atomic E-state index is 0.203. The summed E-state index contributed by atoms with van der Waals surface area (Å²) in [6, 6.07) is 6.52. The molecule has 0 bridgehead atoms. The van der Waals surface area contributed by atoms with Crippen molar-refractivity contribution in [3.63, 3.8) is 0 Å². The summed E-state index contributed by atoms with van der Waals surface area (Å²) in [7, 11) is 1.97. The summed E-state index contributed by atoms with van der Waals surface area (Å²) in [6.07, 6.45) is 2.43. The highest BCUT2D eigenvalue weighted by Gasteiger charge is 2.11. The van der Waals surface area contributed by atoms with Crippen molar-refractivity contribution in [1.82, 2.24) is 0 Å². The first-order valence-electron chi connectivity index (χ1n) is 5.63. The molecule has 1 aromatic rings. The first-order valence-corrected chi connectivity index (χ1v) is 6.61. The van der Waals surface area contributed by atoms with Crippen LogP contribution in [0.25, 0.3) is 0 Å². The number of hydrogen-bond acceptors (Lipinski definition) is 3. The van der Waals surface area contributed by atoms with E-state index in [0.29, 0.717) is 6.54 Å². The molecule has 86 valence electrons. The van der Waals surface area contributed by atoms with Crippen LogP contribution in [0.3, 0.4) is 0 Å². The van der Waals surface area contributed by atoms with E-state index >= 15 is 0 Å². The molecule has 0 saturated heterocycles. The summed E-state index contributed by atoms with van der Waals surface area (Å²) in [6.45, 7) is 2.12. The van der Waals surface area contributed by atoms with E-state index in [1.54, 1.807) is 6.92 Å². The van der Waals surface area contributed by atoms with Crippen LogP contribution < -0.4 is 4.90 Å². The molecule has 0 fully saturated rings. The molecule has 0 amide bonds. The second-order valence-corrected chi connectivity index (χ2v) is 5.44. The Morgan fingerprint density at radius 2 is 2.31 bits per heavy atom. The van der Waals surface area contributed by atoms with Crippen LogP contribution in [-0.2, 0) is 11.2 Å². The fourth-order valence-corrected chi connectivity index (χ4v) is 3.03. The number of likely N-dealkylation sites (N-methyl/N-ethyl adjacent to an activating group) is 1. The summed E-state index contributed by atoms with van der Waals surface area (Å²) >= 11 is 1.94. The minimum Gasteiger partial charge on any atom is -0.367 e. The maximum absolute atomic E-state index is 11.1. The predicted octanol–water partition coefficient (Wildman–Crippen LogP) is 2.75. The summed E-state index contributed by atoms with van der Waals surface area (Å²) in [4.78, 5) is 14.5. The standard InChI is InChI=1S/C13H17NOS/c1-10(15)9-14(2)12-5-6-13-11(8-12)4-3-7-16-13/h5-6,8H,3-4,7,9H2,1-2H3. The van der Waals surface area contributed by atoms with Crippen molar-refractivity contribution in [2.24, 2.45) is 0 Å². The molecule has 0 aromatic heterocycles. The Hall–Kier alpha value is -0.960. The van der Waals surface area contributed by atoms with Crippen LogP contribution >= 0.6 is 11.8 Å². The smallest absolute Gasteiger partial charge is 0.149 e. The lowest BCUT2D eigenvalue weighted by atomic mass is 10.1. The van der Waals surface area contributed by atoms with Crippen LogP contribution in [0.15, 0.2) is 23.1 Å². The third-order valence-corrected chi connectivity index (χ3v) is 3.99. The van der Waals surface area contributed by atoms with Gasteiger partial charge in [-0.15, -0.1) is 11.8 Å². The van der Waals surface area contributed by atoms with E-state index in [-0.39, 0.29) is 5.78 Å². The number of benzene rings is 1. The molecule has 3 heteroatoms. The summed E-state index contributed by atoms with van der Waals surface area (Å²) in [5.74, 6) is 1.44. The number of thioether (sulfide) groups is 1. The third kappa shape index (κ3) is 2.59. The van der Waals surface area contributed by atoms with Gasteiger partial charge in [-0.05, 0) is 49.3 Å². The zero-order valence-corrected chi connectivity index (χ0v) is 10.6. The van der Waals surface area contributed by atoms with Gasteiger partial charge in [0, 0.05) is 17.6 Å². The molecule has 0 radical (unpaired) electrons. The largest absolute Gasteiger partial charge is 0.367 e. The predicted molar refractivity (Wildman–Crippen MR) is 69.4 cm³/mol. The summed E-state index contributed by atoms with van der Waals surface area (Å²) in [5.41, 5.74) is 2.58. The van der Waals surface area contributed by atoms with Gasteiger partial charge in [0.25, 0.3) is 0 Å². The lowest BCUT2D eigenvalue weighted by molar-refractivity contribution is -0.115. The van der Waals surface area contributed by atoms with Gasteiger partial charge in [-0.2, -0.15) is 0 Å². The van der Waals surface area contributed by atoms with E-state index in [1.165, 1.54) is 29.1 Å². The van der Waals surface area contributed by atoms with Crippen LogP contribution in [0.1, 0.15) is 18.9 Å². The Balaban J connectivity index is 2.19. The van der Waals surface area contributed by atoms with Crippen LogP contribution in [0.2, 0.25) is 0 Å². The number of fused-ring (bicyclic) bond motifs is 1. The number of carbonyl (C=O) groups is 1. The lowest BCUT2D eigenvalue weighted by Crippen LogP contribution is -2.23. The molecule has 0 N–H and O–H groups in total. The van der Waals surface area contributed by atoms with Gasteiger partial charge in [0.1, 0.15) is 5.78 Å². The third-order valence-electron chi connectivity index (χ3n) is 2.79. The van der Waals surface area contributed by atoms with Gasteiger partial charge in [0.15, 0.2) is 0 Å². The molecule has 1 heterocycles. The molecule has 1 aliphatic rings. The van der Waals surface area contributed by atoms with E-state index in [4.69, 9.17) is 0 Å². The maximum atomic E-state index is 11.1. The van der Waals surface area contributed by atoms with Gasteiger partial charge in [-0.1, -0.05) is 0 Å². The fourth-order valence-electron chi connectivity index (χ4n) is 2.01. The highest BCUT2D eigenvalue weighted by Crippen LogP contribution is 2.32. The van der Waals surface area contributed by atoms with Crippen molar-refractivity contribution in [3.8, 4) is 0 Å². The zero-order valence-electron chi connectivity index (χ0n) is 9.82. The van der Waals surface area contributed by atoms with Crippen molar-refractivity contribution in [1.29, 1.82) is 0 Å². The van der Waals surface area contributed by atoms with Gasteiger partial charge in [0.05, 0.1) is 6.54 Å². The number of aryl methyl sites for hydroxylation is 1. The van der Waals surface area contributed by atoms with Crippen molar-refractivity contribution in [2.75, 3.05) is 24.2 Å². The van der Waals surface area contributed by atoms with Crippen molar-refractivity contribution >= 4 is 23.2 Å². The minimum atomic E-state index is 0.203. The van der Waals surface area contributed by atoms with E-state index in [1.807, 2.05) is 23.7 Å². The van der Waals surface area contributed by atoms with Crippen LogP contribution in [0.5, 0.6) is 0 Å². The quantitative estimate of drug-likeness (QED) is 0.803. The second kappa shape index (κ2) is 4.91. The number of anilines is 1. The normalized spacial score (nSPS) is 14.4. The zero-order chi connectivity index (χ0) is 11.5. The first-order chi connectivity index (χ1) is 7.66. The first kappa shape index (κ1) is 11.5. The van der Waals surface area contributed by atoms with Crippen LogP contribution in [0.4, 0.5) is 5.69 Å². The number of ketones is 1. The number of hydrogen-bond donors (Lipinski definition) is 0. The van der Waals surface area contributed by atoms with E-state index < -0.39 is 0 Å². The van der Waals surface area contributed by atoms with Gasteiger partial charge in [0.2, 0.25) is 0 Å². The van der Waals surface area contributed by atoms with E-state index in [2.05, 4.69) is 18.2 Å². The second-order valence-electron chi connectivity index (χ2n) is 4.30. The average Bonchev–Trinajstić information content (AvgIpc) is 2.27. The molecule has 0 spiro atoms. The molecule has 2 nitrogen and oxygen atoms in total. The Morgan fingerprint density at radius 3 is 3.06 bits per heavy atom. The Labute approximate surface area is 101 Å². The molecule has 2 rings (SSSR count). The van der Waals surface area contributed by atoms with E-state index in [9.17, 15) is 4.79 Å². The van der Waals surface area contributed by atoms with Crippen LogP contribution in [0, 0.1) is 0 Å². The maximum Gasteiger partial charge on any atom is 0.149 e. The lowest BCUT2D eigenvalue weighted by Gasteiger charge is -2.21. The number of carbonyl (C=O) groups excluding carboxylic acids is 1. The molecule has 1 aromatic carbocycles. The van der Waals surface area contributed by atoms with Gasteiger partial charge >= 0.3 is 0 Å². The topological polar surface area (TPSA) is 20.3 Å². The SMILES string of the molecule is CC(=O)CN(C)c1ccc2c(c1)CCCS2. The molecule has 0 unspecified atom stereocenters. The Morgan fingerprint density at radius 1 is 1.50 bits per heavy atom. The van der Waals surface area contributed by atoms with E-state index in [0.717, 1.165) is 5.69 Å². The van der Waals surface area contributed by atoms with Crippen molar-refractivity contribution in [3.05, 3.63) is 23.8 Å². The molecular formula is C13H17NOS. The molecule has 0 saturated carbocycles. The van der Waals surface area contributed by atoms with Crippen molar-refractivity contribution < 1.29 is 4.79 Å². The highest BCUT2D eigenvalue weighted by molar-refractivity contribution is 7.99. The van der Waals surface area contributed by atoms with Gasteiger partial charge in [-0.3, -0.25) is 4.79 Å².